The van der Waals surface area contributed by atoms with Crippen LogP contribution in [-0.2, 0) is 17.4 Å². The number of amides is 1. The number of alkyl halides is 3. The molecule has 3 aromatic rings. The highest BCUT2D eigenvalue weighted by atomic mass is 19.4. The summed E-state index contributed by atoms with van der Waals surface area (Å²) in [6.45, 7) is 3.85. The van der Waals surface area contributed by atoms with Crippen molar-refractivity contribution in [3.8, 4) is 11.5 Å². The van der Waals surface area contributed by atoms with Gasteiger partial charge in [0.2, 0.25) is 17.7 Å². The SMILES string of the molecule is Cc1ccc(-c2nnc(CCC(=O)N3CCN(c4cccc(C(F)(F)F)c4)CC3)o2)cc1. The van der Waals surface area contributed by atoms with E-state index in [2.05, 4.69) is 10.2 Å². The molecule has 1 aliphatic rings. The van der Waals surface area contributed by atoms with Gasteiger partial charge in [0.15, 0.2) is 0 Å². The van der Waals surface area contributed by atoms with E-state index in [4.69, 9.17) is 4.42 Å². The lowest BCUT2D eigenvalue weighted by Gasteiger charge is -2.36. The minimum Gasteiger partial charge on any atom is -0.421 e. The van der Waals surface area contributed by atoms with Crippen LogP contribution < -0.4 is 4.90 Å². The molecule has 0 atom stereocenters. The zero-order valence-corrected chi connectivity index (χ0v) is 17.6. The number of anilines is 1. The Balaban J connectivity index is 1.29. The standard InChI is InChI=1S/C23H23F3N4O2/c1-16-5-7-17(8-6-16)22-28-27-20(32-22)9-10-21(31)30-13-11-29(12-14-30)19-4-2-3-18(15-19)23(24,25)26/h2-8,15H,9-14H2,1H3. The average Bonchev–Trinajstić information content (AvgIpc) is 3.27. The van der Waals surface area contributed by atoms with Crippen LogP contribution in [-0.4, -0.2) is 47.2 Å². The smallest absolute Gasteiger partial charge is 0.416 e. The van der Waals surface area contributed by atoms with Crippen molar-refractivity contribution in [2.24, 2.45) is 0 Å². The number of hydrogen-bond donors (Lipinski definition) is 0. The molecule has 1 amide bonds. The highest BCUT2D eigenvalue weighted by molar-refractivity contribution is 5.76. The van der Waals surface area contributed by atoms with E-state index in [1.165, 1.54) is 6.07 Å². The molecule has 1 saturated heterocycles. The second-order valence-corrected chi connectivity index (χ2v) is 7.78. The fraction of sp³-hybridized carbons (Fsp3) is 0.348. The van der Waals surface area contributed by atoms with Crippen molar-refractivity contribution < 1.29 is 22.4 Å². The lowest BCUT2D eigenvalue weighted by Crippen LogP contribution is -2.48. The number of hydrogen-bond acceptors (Lipinski definition) is 5. The largest absolute Gasteiger partial charge is 0.421 e. The van der Waals surface area contributed by atoms with Gasteiger partial charge in [0.1, 0.15) is 0 Å². The first-order valence-corrected chi connectivity index (χ1v) is 10.4. The van der Waals surface area contributed by atoms with Crippen molar-refractivity contribution >= 4 is 11.6 Å². The van der Waals surface area contributed by atoms with E-state index in [9.17, 15) is 18.0 Å². The molecular weight excluding hydrogens is 421 g/mol. The van der Waals surface area contributed by atoms with Crippen LogP contribution in [0, 0.1) is 6.92 Å². The molecule has 0 N–H and O–H groups in total. The number of aryl methyl sites for hydroxylation is 2. The molecule has 6 nitrogen and oxygen atoms in total. The number of benzene rings is 2. The Kier molecular flexibility index (Phi) is 6.16. The van der Waals surface area contributed by atoms with Crippen LogP contribution in [0.25, 0.3) is 11.5 Å². The molecule has 0 saturated carbocycles. The van der Waals surface area contributed by atoms with E-state index in [1.54, 1.807) is 11.0 Å². The Morgan fingerprint density at radius 1 is 1.03 bits per heavy atom. The van der Waals surface area contributed by atoms with Crippen LogP contribution in [0.3, 0.4) is 0 Å². The van der Waals surface area contributed by atoms with Crippen LogP contribution in [0.2, 0.25) is 0 Å². The number of aromatic nitrogens is 2. The van der Waals surface area contributed by atoms with Crippen LogP contribution in [0.15, 0.2) is 52.9 Å². The summed E-state index contributed by atoms with van der Waals surface area (Å²) >= 11 is 0. The summed E-state index contributed by atoms with van der Waals surface area (Å²) in [7, 11) is 0. The van der Waals surface area contributed by atoms with Gasteiger partial charge in [0, 0.05) is 50.3 Å². The number of carbonyl (C=O) groups is 1. The molecule has 0 bridgehead atoms. The van der Waals surface area contributed by atoms with Gasteiger partial charge in [-0.15, -0.1) is 10.2 Å². The van der Waals surface area contributed by atoms with Crippen LogP contribution in [0.1, 0.15) is 23.4 Å². The van der Waals surface area contributed by atoms with E-state index in [-0.39, 0.29) is 12.3 Å². The lowest BCUT2D eigenvalue weighted by molar-refractivity contribution is -0.137. The summed E-state index contributed by atoms with van der Waals surface area (Å²) < 4.78 is 44.5. The molecule has 1 aliphatic heterocycles. The molecule has 0 spiro atoms. The Morgan fingerprint density at radius 3 is 2.44 bits per heavy atom. The fourth-order valence-electron chi connectivity index (χ4n) is 3.63. The first-order chi connectivity index (χ1) is 15.3. The highest BCUT2D eigenvalue weighted by Gasteiger charge is 2.31. The van der Waals surface area contributed by atoms with Gasteiger partial charge in [0.25, 0.3) is 0 Å². The predicted octanol–water partition coefficient (Wildman–Crippen LogP) is 4.35. The van der Waals surface area contributed by atoms with E-state index in [0.717, 1.165) is 23.3 Å². The molecule has 2 aromatic carbocycles. The third-order valence-electron chi connectivity index (χ3n) is 5.49. The molecule has 168 valence electrons. The summed E-state index contributed by atoms with van der Waals surface area (Å²) in [6, 6.07) is 13.0. The van der Waals surface area contributed by atoms with E-state index >= 15 is 0 Å². The zero-order valence-electron chi connectivity index (χ0n) is 17.6. The summed E-state index contributed by atoms with van der Waals surface area (Å²) in [6.07, 6.45) is -3.80. The average molecular weight is 444 g/mol. The fourth-order valence-corrected chi connectivity index (χ4v) is 3.63. The Labute approximate surface area is 183 Å². The van der Waals surface area contributed by atoms with Gasteiger partial charge in [0.05, 0.1) is 5.56 Å². The first-order valence-electron chi connectivity index (χ1n) is 10.4. The summed E-state index contributed by atoms with van der Waals surface area (Å²) in [5.41, 5.74) is 1.80. The first kappa shape index (κ1) is 21.9. The lowest BCUT2D eigenvalue weighted by atomic mass is 10.1. The van der Waals surface area contributed by atoms with Crippen LogP contribution >= 0.6 is 0 Å². The molecule has 9 heteroatoms. The predicted molar refractivity (Wildman–Crippen MR) is 113 cm³/mol. The molecule has 0 unspecified atom stereocenters. The molecule has 1 aromatic heterocycles. The van der Waals surface area contributed by atoms with Gasteiger partial charge in [-0.25, -0.2) is 0 Å². The van der Waals surface area contributed by atoms with Crippen molar-refractivity contribution in [1.29, 1.82) is 0 Å². The van der Waals surface area contributed by atoms with E-state index in [0.29, 0.717) is 50.1 Å². The maximum absolute atomic E-state index is 13.0. The quantitative estimate of drug-likeness (QED) is 0.586. The van der Waals surface area contributed by atoms with Crippen LogP contribution in [0.4, 0.5) is 18.9 Å². The summed E-state index contributed by atoms with van der Waals surface area (Å²) in [5, 5.41) is 8.07. The molecule has 32 heavy (non-hydrogen) atoms. The number of carbonyl (C=O) groups excluding carboxylic acids is 1. The Morgan fingerprint density at radius 2 is 1.75 bits per heavy atom. The van der Waals surface area contributed by atoms with E-state index < -0.39 is 11.7 Å². The molecule has 2 heterocycles. The third kappa shape index (κ3) is 5.09. The molecular formula is C23H23F3N4O2. The summed E-state index contributed by atoms with van der Waals surface area (Å²) in [5.74, 6) is 0.780. The van der Waals surface area contributed by atoms with E-state index in [1.807, 2.05) is 36.1 Å². The van der Waals surface area contributed by atoms with Gasteiger partial charge in [-0.05, 0) is 37.3 Å². The van der Waals surface area contributed by atoms with Crippen molar-refractivity contribution in [3.63, 3.8) is 0 Å². The number of rotatable bonds is 5. The van der Waals surface area contributed by atoms with Gasteiger partial charge >= 0.3 is 6.18 Å². The zero-order chi connectivity index (χ0) is 22.7. The van der Waals surface area contributed by atoms with Crippen molar-refractivity contribution in [3.05, 3.63) is 65.5 Å². The number of piperazine rings is 1. The van der Waals surface area contributed by atoms with Crippen molar-refractivity contribution in [2.45, 2.75) is 25.9 Å². The minimum atomic E-state index is -4.37. The topological polar surface area (TPSA) is 62.5 Å². The maximum Gasteiger partial charge on any atom is 0.416 e. The Hall–Kier alpha value is -3.36. The molecule has 1 fully saturated rings. The van der Waals surface area contributed by atoms with Gasteiger partial charge in [-0.1, -0.05) is 23.8 Å². The number of nitrogens with zero attached hydrogens (tertiary/aromatic N) is 4. The molecule has 0 radical (unpaired) electrons. The molecule has 4 rings (SSSR count). The van der Waals surface area contributed by atoms with Crippen LogP contribution in [0.5, 0.6) is 0 Å². The third-order valence-corrected chi connectivity index (χ3v) is 5.49. The Bertz CT molecular complexity index is 1070. The highest BCUT2D eigenvalue weighted by Crippen LogP contribution is 2.32. The van der Waals surface area contributed by atoms with Crippen molar-refractivity contribution in [1.82, 2.24) is 15.1 Å². The minimum absolute atomic E-state index is 0.0382. The van der Waals surface area contributed by atoms with Gasteiger partial charge < -0.3 is 14.2 Å². The van der Waals surface area contributed by atoms with Gasteiger partial charge in [-0.2, -0.15) is 13.2 Å². The number of halogens is 3. The normalized spacial score (nSPS) is 14.6. The van der Waals surface area contributed by atoms with Gasteiger partial charge in [-0.3, -0.25) is 4.79 Å². The monoisotopic (exact) mass is 444 g/mol. The second kappa shape index (κ2) is 9.02. The molecule has 0 aliphatic carbocycles. The summed E-state index contributed by atoms with van der Waals surface area (Å²) in [4.78, 5) is 16.2. The van der Waals surface area contributed by atoms with Crippen molar-refractivity contribution in [2.75, 3.05) is 31.1 Å². The maximum atomic E-state index is 13.0. The second-order valence-electron chi connectivity index (χ2n) is 7.78.